The van der Waals surface area contributed by atoms with Gasteiger partial charge in [-0.1, -0.05) is 22.0 Å². The molecule has 0 unspecified atom stereocenters. The molecular weight excluding hydrogens is 334 g/mol. The average molecular weight is 347 g/mol. The maximum Gasteiger partial charge on any atom is 0.134 e. The lowest BCUT2D eigenvalue weighted by atomic mass is 10.1. The van der Waals surface area contributed by atoms with Gasteiger partial charge in [0.05, 0.1) is 4.47 Å². The average Bonchev–Trinajstić information content (AvgIpc) is 2.29. The Morgan fingerprint density at radius 1 is 1.31 bits per heavy atom. The fourth-order valence-electron chi connectivity index (χ4n) is 1.56. The largest absolute Gasteiger partial charge is 0.488 e. The van der Waals surface area contributed by atoms with Gasteiger partial charge in [-0.15, -0.1) is 0 Å². The highest BCUT2D eigenvalue weighted by atomic mass is 79.9. The van der Waals surface area contributed by atoms with Crippen LogP contribution in [0.25, 0.3) is 0 Å². The van der Waals surface area contributed by atoms with Gasteiger partial charge in [-0.05, 0) is 52.7 Å². The number of hydrogen-bond acceptors (Lipinski definition) is 2. The molecular formula is C12H13Br2NO. The van der Waals surface area contributed by atoms with Crippen LogP contribution in [0.4, 0.5) is 0 Å². The lowest BCUT2D eigenvalue weighted by Gasteiger charge is -2.15. The highest BCUT2D eigenvalue weighted by molar-refractivity contribution is 9.11. The third-order valence-corrected chi connectivity index (χ3v) is 3.58. The summed E-state index contributed by atoms with van der Waals surface area (Å²) in [6.45, 7) is 2.69. The summed E-state index contributed by atoms with van der Waals surface area (Å²) in [5.41, 5.74) is 1.37. The smallest absolute Gasteiger partial charge is 0.134 e. The molecule has 1 aliphatic heterocycles. The minimum absolute atomic E-state index is 0.682. The summed E-state index contributed by atoms with van der Waals surface area (Å²) in [5, 5.41) is 3.28. The van der Waals surface area contributed by atoms with E-state index in [0.717, 1.165) is 34.2 Å². The van der Waals surface area contributed by atoms with Crippen LogP contribution in [0.3, 0.4) is 0 Å². The Labute approximate surface area is 112 Å². The van der Waals surface area contributed by atoms with Crippen molar-refractivity contribution in [2.24, 2.45) is 0 Å². The first kappa shape index (κ1) is 12.1. The second kappa shape index (κ2) is 5.84. The van der Waals surface area contributed by atoms with E-state index in [9.17, 15) is 0 Å². The zero-order valence-corrected chi connectivity index (χ0v) is 12.0. The molecule has 0 saturated heterocycles. The lowest BCUT2D eigenvalue weighted by molar-refractivity contribution is 0.342. The van der Waals surface area contributed by atoms with E-state index in [0.29, 0.717) is 6.61 Å². The number of benzene rings is 1. The zero-order valence-electron chi connectivity index (χ0n) is 8.80. The Kier molecular flexibility index (Phi) is 4.44. The van der Waals surface area contributed by atoms with Gasteiger partial charge in [0.2, 0.25) is 0 Å². The summed E-state index contributed by atoms with van der Waals surface area (Å²) < 4.78 is 7.80. The SMILES string of the molecule is Brc1ccc(OCC2=CCNCC2)c(Br)c1. The van der Waals surface area contributed by atoms with Gasteiger partial charge in [0.1, 0.15) is 12.4 Å². The van der Waals surface area contributed by atoms with Crippen LogP contribution in [0, 0.1) is 0 Å². The summed E-state index contributed by atoms with van der Waals surface area (Å²) in [6, 6.07) is 5.94. The molecule has 2 rings (SSSR count). The van der Waals surface area contributed by atoms with E-state index in [1.807, 2.05) is 18.2 Å². The molecule has 0 aliphatic carbocycles. The molecule has 0 saturated carbocycles. The van der Waals surface area contributed by atoms with Crippen LogP contribution < -0.4 is 10.1 Å². The highest BCUT2D eigenvalue weighted by Gasteiger charge is 2.06. The van der Waals surface area contributed by atoms with E-state index in [1.165, 1.54) is 5.57 Å². The molecule has 1 aromatic rings. The standard InChI is InChI=1S/C12H13Br2NO/c13-10-1-2-12(11(14)7-10)16-8-9-3-5-15-6-4-9/h1-3,7,15H,4-6,8H2. The summed E-state index contributed by atoms with van der Waals surface area (Å²) in [7, 11) is 0. The van der Waals surface area contributed by atoms with Gasteiger partial charge in [0.25, 0.3) is 0 Å². The predicted octanol–water partition coefficient (Wildman–Crippen LogP) is 3.51. The number of halogens is 2. The van der Waals surface area contributed by atoms with Crippen molar-refractivity contribution in [3.8, 4) is 5.75 Å². The van der Waals surface area contributed by atoms with Crippen molar-refractivity contribution in [2.75, 3.05) is 19.7 Å². The topological polar surface area (TPSA) is 21.3 Å². The molecule has 0 bridgehead atoms. The lowest BCUT2D eigenvalue weighted by Crippen LogP contribution is -2.22. The minimum atomic E-state index is 0.682. The fraction of sp³-hybridized carbons (Fsp3) is 0.333. The molecule has 0 amide bonds. The molecule has 16 heavy (non-hydrogen) atoms. The molecule has 4 heteroatoms. The van der Waals surface area contributed by atoms with E-state index >= 15 is 0 Å². The molecule has 1 heterocycles. The van der Waals surface area contributed by atoms with Crippen LogP contribution in [-0.4, -0.2) is 19.7 Å². The number of ether oxygens (including phenoxy) is 1. The van der Waals surface area contributed by atoms with Crippen LogP contribution >= 0.6 is 31.9 Å². The molecule has 1 aliphatic rings. The van der Waals surface area contributed by atoms with Crippen molar-refractivity contribution < 1.29 is 4.74 Å². The second-order valence-corrected chi connectivity index (χ2v) is 5.45. The summed E-state index contributed by atoms with van der Waals surface area (Å²) in [5.74, 6) is 0.891. The first-order chi connectivity index (χ1) is 7.75. The minimum Gasteiger partial charge on any atom is -0.488 e. The Morgan fingerprint density at radius 3 is 2.88 bits per heavy atom. The number of hydrogen-bond donors (Lipinski definition) is 1. The number of rotatable bonds is 3. The summed E-state index contributed by atoms with van der Waals surface area (Å²) in [6.07, 6.45) is 3.28. The third kappa shape index (κ3) is 3.34. The van der Waals surface area contributed by atoms with Crippen molar-refractivity contribution in [1.82, 2.24) is 5.32 Å². The highest BCUT2D eigenvalue weighted by Crippen LogP contribution is 2.28. The molecule has 0 aromatic heterocycles. The normalized spacial score (nSPS) is 15.8. The molecule has 0 fully saturated rings. The van der Waals surface area contributed by atoms with Crippen molar-refractivity contribution in [3.05, 3.63) is 38.8 Å². The quantitative estimate of drug-likeness (QED) is 0.845. The Hall–Kier alpha value is -0.320. The van der Waals surface area contributed by atoms with E-state index in [2.05, 4.69) is 43.3 Å². The molecule has 1 N–H and O–H groups in total. The molecule has 1 aromatic carbocycles. The molecule has 2 nitrogen and oxygen atoms in total. The van der Waals surface area contributed by atoms with Crippen molar-refractivity contribution in [3.63, 3.8) is 0 Å². The molecule has 0 spiro atoms. The Bertz CT molecular complexity index is 404. The predicted molar refractivity (Wildman–Crippen MR) is 72.9 cm³/mol. The van der Waals surface area contributed by atoms with E-state index < -0.39 is 0 Å². The van der Waals surface area contributed by atoms with Gasteiger partial charge in [0.15, 0.2) is 0 Å². The third-order valence-electron chi connectivity index (χ3n) is 2.46. The van der Waals surface area contributed by atoms with Crippen LogP contribution in [0.1, 0.15) is 6.42 Å². The van der Waals surface area contributed by atoms with Gasteiger partial charge in [-0.2, -0.15) is 0 Å². The van der Waals surface area contributed by atoms with Gasteiger partial charge < -0.3 is 10.1 Å². The van der Waals surface area contributed by atoms with Crippen LogP contribution in [0.2, 0.25) is 0 Å². The van der Waals surface area contributed by atoms with Gasteiger partial charge in [0, 0.05) is 11.0 Å². The Balaban J connectivity index is 1.96. The monoisotopic (exact) mass is 345 g/mol. The molecule has 0 radical (unpaired) electrons. The van der Waals surface area contributed by atoms with E-state index in [4.69, 9.17) is 4.74 Å². The number of nitrogens with one attached hydrogen (secondary N) is 1. The van der Waals surface area contributed by atoms with Gasteiger partial charge >= 0.3 is 0 Å². The Morgan fingerprint density at radius 2 is 2.19 bits per heavy atom. The first-order valence-corrected chi connectivity index (χ1v) is 6.81. The summed E-state index contributed by atoms with van der Waals surface area (Å²) >= 11 is 6.90. The maximum absolute atomic E-state index is 5.77. The molecule has 86 valence electrons. The molecule has 0 atom stereocenters. The van der Waals surface area contributed by atoms with E-state index in [1.54, 1.807) is 0 Å². The summed E-state index contributed by atoms with van der Waals surface area (Å²) in [4.78, 5) is 0. The van der Waals surface area contributed by atoms with Crippen molar-refractivity contribution in [2.45, 2.75) is 6.42 Å². The van der Waals surface area contributed by atoms with Crippen LogP contribution in [0.5, 0.6) is 5.75 Å². The van der Waals surface area contributed by atoms with Crippen LogP contribution in [0.15, 0.2) is 38.8 Å². The van der Waals surface area contributed by atoms with Crippen LogP contribution in [-0.2, 0) is 0 Å². The maximum atomic E-state index is 5.77. The second-order valence-electron chi connectivity index (χ2n) is 3.68. The fourth-order valence-corrected chi connectivity index (χ4v) is 2.72. The van der Waals surface area contributed by atoms with Gasteiger partial charge in [-0.25, -0.2) is 0 Å². The zero-order chi connectivity index (χ0) is 11.4. The van der Waals surface area contributed by atoms with Gasteiger partial charge in [-0.3, -0.25) is 0 Å². The van der Waals surface area contributed by atoms with E-state index in [-0.39, 0.29) is 0 Å². The first-order valence-electron chi connectivity index (χ1n) is 5.22. The van der Waals surface area contributed by atoms with Crippen molar-refractivity contribution >= 4 is 31.9 Å². The van der Waals surface area contributed by atoms with Crippen molar-refractivity contribution in [1.29, 1.82) is 0 Å².